The van der Waals surface area contributed by atoms with Crippen LogP contribution in [-0.2, 0) is 0 Å². The molecule has 0 aliphatic rings. The Bertz CT molecular complexity index is 525. The molecule has 1 aromatic carbocycles. The Morgan fingerprint density at radius 3 is 2.50 bits per heavy atom. The van der Waals surface area contributed by atoms with Gasteiger partial charge in [-0.15, -0.1) is 0 Å². The van der Waals surface area contributed by atoms with Crippen molar-refractivity contribution in [1.82, 2.24) is 9.97 Å². The Kier molecular flexibility index (Phi) is 3.97. The Labute approximate surface area is 107 Å². The van der Waals surface area contributed by atoms with Crippen molar-refractivity contribution in [3.63, 3.8) is 0 Å². The molecule has 1 aromatic heterocycles. The van der Waals surface area contributed by atoms with Gasteiger partial charge >= 0.3 is 0 Å². The maximum atomic E-state index is 5.83. The molecule has 0 radical (unpaired) electrons. The second-order valence-electron chi connectivity index (χ2n) is 4.79. The van der Waals surface area contributed by atoms with Gasteiger partial charge in [0, 0.05) is 0 Å². The number of aromatic nitrogens is 2. The number of nitrogens with zero attached hydrogens (tertiary/aromatic N) is 2. The summed E-state index contributed by atoms with van der Waals surface area (Å²) >= 11 is 0. The minimum atomic E-state index is 0.359. The second kappa shape index (κ2) is 5.67. The Morgan fingerprint density at radius 1 is 1.17 bits per heavy atom. The highest BCUT2D eigenvalue weighted by atomic mass is 16.5. The molecule has 0 fully saturated rings. The van der Waals surface area contributed by atoms with E-state index in [4.69, 9.17) is 10.5 Å². The van der Waals surface area contributed by atoms with Crippen LogP contribution in [0.1, 0.15) is 26.7 Å². The lowest BCUT2D eigenvalue weighted by molar-refractivity contribution is 0.289. The van der Waals surface area contributed by atoms with E-state index in [0.29, 0.717) is 24.2 Å². The number of hydrogen-bond donors (Lipinski definition) is 1. The molecular formula is C14H19N3O. The molecule has 1 heterocycles. The number of hydrogen-bond acceptors (Lipinski definition) is 4. The number of ether oxygens (including phenoxy) is 1. The first-order valence-corrected chi connectivity index (χ1v) is 6.32. The molecular weight excluding hydrogens is 226 g/mol. The maximum absolute atomic E-state index is 5.83. The predicted octanol–water partition coefficient (Wildman–Crippen LogP) is 3.03. The summed E-state index contributed by atoms with van der Waals surface area (Å²) in [5.74, 6) is 1.49. The first kappa shape index (κ1) is 12.6. The highest BCUT2D eigenvalue weighted by Gasteiger charge is 2.06. The lowest BCUT2D eigenvalue weighted by atomic mass is 10.1. The van der Waals surface area contributed by atoms with Gasteiger partial charge in [-0.2, -0.15) is 0 Å². The van der Waals surface area contributed by atoms with Crippen molar-refractivity contribution in [2.75, 3.05) is 12.3 Å². The lowest BCUT2D eigenvalue weighted by Crippen LogP contribution is -2.05. The summed E-state index contributed by atoms with van der Waals surface area (Å²) in [6.07, 6.45) is 2.15. The van der Waals surface area contributed by atoms with Gasteiger partial charge in [0.15, 0.2) is 5.82 Å². The van der Waals surface area contributed by atoms with Gasteiger partial charge in [0.2, 0.25) is 0 Å². The van der Waals surface area contributed by atoms with Crippen LogP contribution in [0.3, 0.4) is 0 Å². The van der Waals surface area contributed by atoms with Gasteiger partial charge in [0.1, 0.15) is 0 Å². The fraction of sp³-hybridized carbons (Fsp3) is 0.429. The summed E-state index contributed by atoms with van der Waals surface area (Å²) in [5.41, 5.74) is 7.44. The van der Waals surface area contributed by atoms with Crippen LogP contribution in [0.4, 0.5) is 5.82 Å². The van der Waals surface area contributed by atoms with Gasteiger partial charge in [-0.05, 0) is 30.9 Å². The number of benzene rings is 1. The van der Waals surface area contributed by atoms with E-state index in [1.165, 1.54) is 0 Å². The molecule has 4 heteroatoms. The molecule has 0 atom stereocenters. The molecule has 2 aromatic rings. The van der Waals surface area contributed by atoms with E-state index in [0.717, 1.165) is 23.9 Å². The molecule has 0 aliphatic heterocycles. The largest absolute Gasteiger partial charge is 0.475 e. The number of fused-ring (bicyclic) bond motifs is 1. The van der Waals surface area contributed by atoms with Crippen LogP contribution in [0.15, 0.2) is 24.3 Å². The van der Waals surface area contributed by atoms with Gasteiger partial charge in [-0.1, -0.05) is 26.0 Å². The predicted molar refractivity (Wildman–Crippen MR) is 73.5 cm³/mol. The zero-order valence-corrected chi connectivity index (χ0v) is 10.9. The summed E-state index contributed by atoms with van der Waals surface area (Å²) in [6, 6.07) is 7.64. The van der Waals surface area contributed by atoms with Crippen molar-refractivity contribution < 1.29 is 4.74 Å². The fourth-order valence-corrected chi connectivity index (χ4v) is 1.76. The topological polar surface area (TPSA) is 61.0 Å². The highest BCUT2D eigenvalue weighted by Crippen LogP contribution is 2.20. The quantitative estimate of drug-likeness (QED) is 0.822. The molecule has 96 valence electrons. The number of nitrogen functional groups attached to an aromatic ring is 1. The van der Waals surface area contributed by atoms with Crippen molar-refractivity contribution in [2.24, 2.45) is 5.92 Å². The lowest BCUT2D eigenvalue weighted by Gasteiger charge is -2.09. The van der Waals surface area contributed by atoms with Crippen molar-refractivity contribution in [1.29, 1.82) is 0 Å². The van der Waals surface area contributed by atoms with Crippen molar-refractivity contribution in [3.05, 3.63) is 24.3 Å². The van der Waals surface area contributed by atoms with Crippen LogP contribution in [-0.4, -0.2) is 16.6 Å². The van der Waals surface area contributed by atoms with Crippen LogP contribution in [0.5, 0.6) is 5.88 Å². The Hall–Kier alpha value is -1.84. The Balaban J connectivity index is 2.06. The van der Waals surface area contributed by atoms with Gasteiger partial charge in [0.25, 0.3) is 5.88 Å². The molecule has 4 nitrogen and oxygen atoms in total. The molecule has 18 heavy (non-hydrogen) atoms. The molecule has 2 N–H and O–H groups in total. The second-order valence-corrected chi connectivity index (χ2v) is 4.79. The minimum Gasteiger partial charge on any atom is -0.475 e. The Morgan fingerprint density at radius 2 is 1.83 bits per heavy atom. The first-order valence-electron chi connectivity index (χ1n) is 6.32. The van der Waals surface area contributed by atoms with Gasteiger partial charge in [0.05, 0.1) is 17.6 Å². The van der Waals surface area contributed by atoms with Crippen molar-refractivity contribution in [2.45, 2.75) is 26.7 Å². The van der Waals surface area contributed by atoms with E-state index < -0.39 is 0 Å². The monoisotopic (exact) mass is 245 g/mol. The SMILES string of the molecule is CC(C)CCCOc1nc2ccccc2nc1N. The fourth-order valence-electron chi connectivity index (χ4n) is 1.76. The number of nitrogens with two attached hydrogens (primary N) is 1. The highest BCUT2D eigenvalue weighted by molar-refractivity contribution is 5.76. The molecule has 0 saturated heterocycles. The van der Waals surface area contributed by atoms with Gasteiger partial charge in [-0.25, -0.2) is 9.97 Å². The standard InChI is InChI=1S/C14H19N3O/c1-10(2)6-5-9-18-14-13(15)16-11-7-3-4-8-12(11)17-14/h3-4,7-8,10H,5-6,9H2,1-2H3,(H2,15,16). The summed E-state index contributed by atoms with van der Waals surface area (Å²) in [6.45, 7) is 5.03. The van der Waals surface area contributed by atoms with Crippen LogP contribution in [0.25, 0.3) is 11.0 Å². The molecule has 0 unspecified atom stereocenters. The normalized spacial score (nSPS) is 11.1. The van der Waals surface area contributed by atoms with E-state index in [9.17, 15) is 0 Å². The number of anilines is 1. The zero-order chi connectivity index (χ0) is 13.0. The average molecular weight is 245 g/mol. The molecule has 0 bridgehead atoms. The smallest absolute Gasteiger partial charge is 0.257 e. The van der Waals surface area contributed by atoms with Crippen LogP contribution < -0.4 is 10.5 Å². The van der Waals surface area contributed by atoms with Crippen LogP contribution in [0, 0.1) is 5.92 Å². The zero-order valence-electron chi connectivity index (χ0n) is 10.9. The van der Waals surface area contributed by atoms with E-state index in [-0.39, 0.29) is 0 Å². The van der Waals surface area contributed by atoms with E-state index in [2.05, 4.69) is 23.8 Å². The summed E-state index contributed by atoms with van der Waals surface area (Å²) in [4.78, 5) is 8.66. The van der Waals surface area contributed by atoms with Crippen LogP contribution >= 0.6 is 0 Å². The third-order valence-electron chi connectivity index (χ3n) is 2.73. The van der Waals surface area contributed by atoms with E-state index >= 15 is 0 Å². The summed E-state index contributed by atoms with van der Waals surface area (Å²) in [5, 5.41) is 0. The van der Waals surface area contributed by atoms with Gasteiger partial charge in [-0.3, -0.25) is 0 Å². The van der Waals surface area contributed by atoms with E-state index in [1.807, 2.05) is 24.3 Å². The average Bonchev–Trinajstić information content (AvgIpc) is 2.34. The maximum Gasteiger partial charge on any atom is 0.257 e. The number of rotatable bonds is 5. The minimum absolute atomic E-state index is 0.359. The molecule has 0 spiro atoms. The molecule has 0 amide bonds. The van der Waals surface area contributed by atoms with Gasteiger partial charge < -0.3 is 10.5 Å². The molecule has 0 aliphatic carbocycles. The molecule has 2 rings (SSSR count). The summed E-state index contributed by atoms with van der Waals surface area (Å²) in [7, 11) is 0. The number of para-hydroxylation sites is 2. The van der Waals surface area contributed by atoms with Crippen LogP contribution in [0.2, 0.25) is 0 Å². The molecule has 0 saturated carbocycles. The van der Waals surface area contributed by atoms with Crippen molar-refractivity contribution in [3.8, 4) is 5.88 Å². The van der Waals surface area contributed by atoms with E-state index in [1.54, 1.807) is 0 Å². The summed E-state index contributed by atoms with van der Waals surface area (Å²) < 4.78 is 5.60. The third-order valence-corrected chi connectivity index (χ3v) is 2.73. The van der Waals surface area contributed by atoms with Crippen molar-refractivity contribution >= 4 is 16.9 Å². The third kappa shape index (κ3) is 3.09. The first-order chi connectivity index (χ1) is 8.66.